The second-order valence-electron chi connectivity index (χ2n) is 4.66. The number of benzene rings is 1. The van der Waals surface area contributed by atoms with Crippen LogP contribution in [0.25, 0.3) is 0 Å². The van der Waals surface area contributed by atoms with E-state index in [4.69, 9.17) is 15.2 Å². The lowest BCUT2D eigenvalue weighted by molar-refractivity contribution is -0.118. The fourth-order valence-electron chi connectivity index (χ4n) is 1.83. The smallest absolute Gasteiger partial charge is 0.227 e. The Balaban J connectivity index is 0.00000264. The summed E-state index contributed by atoms with van der Waals surface area (Å²) in [4.78, 5) is 15.8. The van der Waals surface area contributed by atoms with Crippen molar-refractivity contribution in [2.45, 2.75) is 12.5 Å². The molecule has 1 heterocycles. The summed E-state index contributed by atoms with van der Waals surface area (Å²) in [6.45, 7) is 0.308. The summed E-state index contributed by atoms with van der Waals surface area (Å²) in [5.41, 5.74) is 6.19. The van der Waals surface area contributed by atoms with Gasteiger partial charge in [-0.3, -0.25) is 9.78 Å². The van der Waals surface area contributed by atoms with Gasteiger partial charge in [0.15, 0.2) is 0 Å². The maximum Gasteiger partial charge on any atom is 0.227 e. The van der Waals surface area contributed by atoms with Crippen molar-refractivity contribution in [2.24, 2.45) is 5.73 Å². The molecule has 1 aromatic heterocycles. The van der Waals surface area contributed by atoms with E-state index in [0.29, 0.717) is 23.7 Å². The Kier molecular flexibility index (Phi) is 10.7. The van der Waals surface area contributed by atoms with Crippen LogP contribution in [0.3, 0.4) is 0 Å². The molecule has 0 saturated heterocycles. The number of methoxy groups -OCH3 is 1. The Morgan fingerprint density at radius 3 is 2.25 bits per heavy atom. The predicted molar refractivity (Wildman–Crippen MR) is 98.3 cm³/mol. The number of pyridine rings is 1. The first-order valence-electron chi connectivity index (χ1n) is 6.92. The van der Waals surface area contributed by atoms with E-state index in [0.717, 1.165) is 0 Å². The first kappa shape index (κ1) is 22.1. The number of hydrogen-bond donors (Lipinski definition) is 2. The van der Waals surface area contributed by atoms with Gasteiger partial charge < -0.3 is 20.5 Å². The van der Waals surface area contributed by atoms with E-state index < -0.39 is 0 Å². The molecule has 6 nitrogen and oxygen atoms in total. The second-order valence-corrected chi connectivity index (χ2v) is 4.66. The van der Waals surface area contributed by atoms with E-state index in [1.54, 1.807) is 48.8 Å². The van der Waals surface area contributed by atoms with Gasteiger partial charge in [-0.05, 0) is 36.4 Å². The van der Waals surface area contributed by atoms with E-state index in [1.807, 2.05) is 0 Å². The van der Waals surface area contributed by atoms with Crippen LogP contribution in [-0.4, -0.2) is 30.6 Å². The minimum Gasteiger partial charge on any atom is -0.457 e. The highest BCUT2D eigenvalue weighted by Crippen LogP contribution is 2.22. The normalized spacial score (nSPS) is 10.8. The van der Waals surface area contributed by atoms with Gasteiger partial charge in [0.05, 0.1) is 12.5 Å². The molecule has 2 rings (SSSR count). The Morgan fingerprint density at radius 2 is 1.71 bits per heavy atom. The number of nitrogens with one attached hydrogen (secondary N) is 1. The van der Waals surface area contributed by atoms with Crippen molar-refractivity contribution in [1.29, 1.82) is 0 Å². The van der Waals surface area contributed by atoms with Gasteiger partial charge in [-0.1, -0.05) is 0 Å². The third-order valence-corrected chi connectivity index (χ3v) is 3.03. The Labute approximate surface area is 153 Å². The van der Waals surface area contributed by atoms with E-state index in [1.165, 1.54) is 7.11 Å². The molecular formula is C16H21Cl2N3O3. The second kappa shape index (κ2) is 11.6. The van der Waals surface area contributed by atoms with Gasteiger partial charge in [0.1, 0.15) is 11.5 Å². The van der Waals surface area contributed by atoms with Crippen molar-refractivity contribution in [1.82, 2.24) is 4.98 Å². The minimum atomic E-state index is -0.269. The van der Waals surface area contributed by atoms with Crippen LogP contribution in [0.2, 0.25) is 0 Å². The van der Waals surface area contributed by atoms with Crippen molar-refractivity contribution < 1.29 is 14.3 Å². The van der Waals surface area contributed by atoms with Gasteiger partial charge in [0.25, 0.3) is 0 Å². The standard InChI is InChI=1S/C16H19N3O3.2ClH/c1-21-15(11-17)10-16(20)19-12-2-4-13(5-3-12)22-14-6-8-18-9-7-14;;/h2-9,15H,10-11,17H2,1H3,(H,19,20);2*1H. The highest BCUT2D eigenvalue weighted by Gasteiger charge is 2.11. The van der Waals surface area contributed by atoms with Crippen LogP contribution in [0.4, 0.5) is 5.69 Å². The molecule has 0 aliphatic heterocycles. The molecule has 3 N–H and O–H groups in total. The van der Waals surface area contributed by atoms with Crippen LogP contribution in [0.15, 0.2) is 48.8 Å². The van der Waals surface area contributed by atoms with Crippen LogP contribution in [0.1, 0.15) is 6.42 Å². The molecule has 1 unspecified atom stereocenters. The third kappa shape index (κ3) is 7.14. The first-order valence-corrected chi connectivity index (χ1v) is 6.92. The molecule has 1 amide bonds. The van der Waals surface area contributed by atoms with Crippen molar-refractivity contribution in [3.63, 3.8) is 0 Å². The molecule has 24 heavy (non-hydrogen) atoms. The Bertz CT molecular complexity index is 593. The molecule has 0 spiro atoms. The summed E-state index contributed by atoms with van der Waals surface area (Å²) in [5, 5.41) is 2.79. The molecule has 0 fully saturated rings. The zero-order valence-electron chi connectivity index (χ0n) is 13.2. The molecule has 8 heteroatoms. The van der Waals surface area contributed by atoms with Gasteiger partial charge in [-0.15, -0.1) is 24.8 Å². The van der Waals surface area contributed by atoms with Crippen molar-refractivity contribution >= 4 is 36.4 Å². The monoisotopic (exact) mass is 373 g/mol. The van der Waals surface area contributed by atoms with Gasteiger partial charge in [0.2, 0.25) is 5.91 Å². The molecule has 0 aliphatic carbocycles. The molecule has 0 saturated carbocycles. The van der Waals surface area contributed by atoms with Crippen molar-refractivity contribution in [3.05, 3.63) is 48.8 Å². The van der Waals surface area contributed by atoms with E-state index in [-0.39, 0.29) is 43.2 Å². The number of nitrogens with zero attached hydrogens (tertiary/aromatic N) is 1. The first-order chi connectivity index (χ1) is 10.7. The largest absolute Gasteiger partial charge is 0.457 e. The quantitative estimate of drug-likeness (QED) is 0.778. The average Bonchev–Trinajstić information content (AvgIpc) is 2.55. The number of amides is 1. The Hall–Kier alpha value is -1.86. The van der Waals surface area contributed by atoms with Crippen molar-refractivity contribution in [2.75, 3.05) is 19.0 Å². The summed E-state index contributed by atoms with van der Waals surface area (Å²) in [7, 11) is 1.54. The fourth-order valence-corrected chi connectivity index (χ4v) is 1.83. The molecule has 0 aliphatic rings. The molecule has 0 bridgehead atoms. The summed E-state index contributed by atoms with van der Waals surface area (Å²) in [6, 6.07) is 10.7. The van der Waals surface area contributed by atoms with Crippen LogP contribution in [-0.2, 0) is 9.53 Å². The zero-order chi connectivity index (χ0) is 15.8. The number of halogens is 2. The minimum absolute atomic E-state index is 0. The van der Waals surface area contributed by atoms with E-state index in [2.05, 4.69) is 10.3 Å². The lowest BCUT2D eigenvalue weighted by Crippen LogP contribution is -2.28. The number of ether oxygens (including phenoxy) is 2. The maximum absolute atomic E-state index is 11.8. The highest BCUT2D eigenvalue weighted by molar-refractivity contribution is 5.91. The van der Waals surface area contributed by atoms with Crippen LogP contribution < -0.4 is 15.8 Å². The molecular weight excluding hydrogens is 353 g/mol. The maximum atomic E-state index is 11.8. The number of aromatic nitrogens is 1. The van der Waals surface area contributed by atoms with Crippen molar-refractivity contribution in [3.8, 4) is 11.5 Å². The zero-order valence-corrected chi connectivity index (χ0v) is 14.8. The summed E-state index contributed by atoms with van der Waals surface area (Å²) in [6.07, 6.45) is 3.28. The summed E-state index contributed by atoms with van der Waals surface area (Å²) < 4.78 is 10.7. The fraction of sp³-hybridized carbons (Fsp3) is 0.250. The van der Waals surface area contributed by atoms with Crippen LogP contribution in [0.5, 0.6) is 11.5 Å². The van der Waals surface area contributed by atoms with Gasteiger partial charge >= 0.3 is 0 Å². The Morgan fingerprint density at radius 1 is 1.12 bits per heavy atom. The lowest BCUT2D eigenvalue weighted by Gasteiger charge is -2.13. The highest BCUT2D eigenvalue weighted by atomic mass is 35.5. The summed E-state index contributed by atoms with van der Waals surface area (Å²) >= 11 is 0. The molecule has 1 aromatic carbocycles. The van der Waals surface area contributed by atoms with Gasteiger partial charge in [0, 0.05) is 31.7 Å². The number of carbonyl (C=O) groups is 1. The molecule has 2 aromatic rings. The predicted octanol–water partition coefficient (Wildman–Crippen LogP) is 3.02. The van der Waals surface area contributed by atoms with Crippen LogP contribution >= 0.6 is 24.8 Å². The SMILES string of the molecule is COC(CN)CC(=O)Nc1ccc(Oc2ccncc2)cc1.Cl.Cl. The van der Waals surface area contributed by atoms with Gasteiger partial charge in [-0.2, -0.15) is 0 Å². The summed E-state index contributed by atoms with van der Waals surface area (Å²) in [5.74, 6) is 1.25. The molecule has 132 valence electrons. The van der Waals surface area contributed by atoms with Gasteiger partial charge in [-0.25, -0.2) is 0 Å². The van der Waals surface area contributed by atoms with E-state index in [9.17, 15) is 4.79 Å². The van der Waals surface area contributed by atoms with Crippen LogP contribution in [0, 0.1) is 0 Å². The molecule has 0 radical (unpaired) electrons. The number of anilines is 1. The third-order valence-electron chi connectivity index (χ3n) is 3.03. The number of rotatable bonds is 7. The lowest BCUT2D eigenvalue weighted by atomic mass is 10.2. The number of nitrogens with two attached hydrogens (primary N) is 1. The number of carbonyl (C=O) groups excluding carboxylic acids is 1. The number of hydrogen-bond acceptors (Lipinski definition) is 5. The average molecular weight is 374 g/mol. The topological polar surface area (TPSA) is 86.5 Å². The van der Waals surface area contributed by atoms with E-state index >= 15 is 0 Å². The molecule has 1 atom stereocenters.